The lowest BCUT2D eigenvalue weighted by Gasteiger charge is -2.00. The highest BCUT2D eigenvalue weighted by atomic mass is 16.3. The summed E-state index contributed by atoms with van der Waals surface area (Å²) in [7, 11) is 0. The quantitative estimate of drug-likeness (QED) is 0.809. The summed E-state index contributed by atoms with van der Waals surface area (Å²) in [5.41, 5.74) is 8.07. The van der Waals surface area contributed by atoms with Crippen molar-refractivity contribution in [3.63, 3.8) is 0 Å². The van der Waals surface area contributed by atoms with E-state index in [1.165, 1.54) is 5.56 Å². The highest BCUT2D eigenvalue weighted by Crippen LogP contribution is 2.24. The van der Waals surface area contributed by atoms with Crippen LogP contribution in [0, 0.1) is 6.92 Å². The summed E-state index contributed by atoms with van der Waals surface area (Å²) in [5.74, 6) is 1.70. The van der Waals surface area contributed by atoms with Gasteiger partial charge in [-0.1, -0.05) is 29.8 Å². The highest BCUT2D eigenvalue weighted by Gasteiger charge is 2.07. The van der Waals surface area contributed by atoms with Crippen LogP contribution in [0.5, 0.6) is 0 Å². The molecule has 0 aliphatic carbocycles. The minimum Gasteiger partial charge on any atom is -0.459 e. The summed E-state index contributed by atoms with van der Waals surface area (Å²) in [6.45, 7) is 3.98. The average molecular weight is 201 g/mol. The van der Waals surface area contributed by atoms with E-state index < -0.39 is 0 Å². The van der Waals surface area contributed by atoms with Crippen molar-refractivity contribution in [2.45, 2.75) is 19.9 Å². The van der Waals surface area contributed by atoms with E-state index in [0.717, 1.165) is 17.1 Å². The molecule has 0 spiro atoms. The van der Waals surface area contributed by atoms with Gasteiger partial charge in [0.25, 0.3) is 0 Å². The summed E-state index contributed by atoms with van der Waals surface area (Å²) in [6, 6.07) is 12.1. The van der Waals surface area contributed by atoms with E-state index in [-0.39, 0.29) is 6.04 Å². The van der Waals surface area contributed by atoms with Gasteiger partial charge in [0.2, 0.25) is 0 Å². The Bertz CT molecular complexity index is 440. The summed E-state index contributed by atoms with van der Waals surface area (Å²) >= 11 is 0. The number of nitrogens with two attached hydrogens (primary N) is 1. The molecule has 2 aromatic rings. The van der Waals surface area contributed by atoms with E-state index in [1.807, 2.05) is 19.1 Å². The molecule has 0 saturated carbocycles. The average Bonchev–Trinajstić information content (AvgIpc) is 2.68. The molecule has 2 N–H and O–H groups in total. The molecule has 0 amide bonds. The van der Waals surface area contributed by atoms with E-state index in [2.05, 4.69) is 31.2 Å². The first-order valence-electron chi connectivity index (χ1n) is 5.09. The molecule has 0 unspecified atom stereocenters. The van der Waals surface area contributed by atoms with Gasteiger partial charge in [-0.2, -0.15) is 0 Å². The molecule has 0 bridgehead atoms. The molecule has 2 rings (SSSR count). The number of aryl methyl sites for hydroxylation is 1. The molecule has 1 heterocycles. The van der Waals surface area contributed by atoms with E-state index in [1.54, 1.807) is 0 Å². The molecule has 0 aliphatic heterocycles. The maximum atomic E-state index is 5.74. The number of furan rings is 1. The molecular formula is C13H15NO. The van der Waals surface area contributed by atoms with Gasteiger partial charge in [-0.25, -0.2) is 0 Å². The van der Waals surface area contributed by atoms with Gasteiger partial charge in [-0.05, 0) is 26.0 Å². The second-order valence-electron chi connectivity index (χ2n) is 3.86. The molecule has 78 valence electrons. The van der Waals surface area contributed by atoms with Crippen molar-refractivity contribution in [2.75, 3.05) is 0 Å². The topological polar surface area (TPSA) is 39.2 Å². The van der Waals surface area contributed by atoms with Crippen LogP contribution in [0.3, 0.4) is 0 Å². The van der Waals surface area contributed by atoms with Crippen molar-refractivity contribution in [3.8, 4) is 11.3 Å². The van der Waals surface area contributed by atoms with Gasteiger partial charge < -0.3 is 10.2 Å². The fourth-order valence-electron chi connectivity index (χ4n) is 1.47. The third-order valence-corrected chi connectivity index (χ3v) is 2.41. The van der Waals surface area contributed by atoms with E-state index in [4.69, 9.17) is 10.2 Å². The molecule has 0 radical (unpaired) electrons. The molecule has 2 heteroatoms. The fraction of sp³-hybridized carbons (Fsp3) is 0.231. The minimum absolute atomic E-state index is 0.0517. The lowest BCUT2D eigenvalue weighted by Crippen LogP contribution is -2.02. The third-order valence-electron chi connectivity index (χ3n) is 2.41. The Kier molecular flexibility index (Phi) is 2.60. The zero-order valence-corrected chi connectivity index (χ0v) is 9.03. The lowest BCUT2D eigenvalue weighted by atomic mass is 10.1. The van der Waals surface area contributed by atoms with E-state index in [0.29, 0.717) is 0 Å². The largest absolute Gasteiger partial charge is 0.459 e. The maximum absolute atomic E-state index is 5.74. The zero-order chi connectivity index (χ0) is 10.8. The molecule has 1 atom stereocenters. The van der Waals surface area contributed by atoms with Crippen LogP contribution in [-0.4, -0.2) is 0 Å². The molecule has 2 nitrogen and oxygen atoms in total. The van der Waals surface area contributed by atoms with Crippen molar-refractivity contribution in [1.29, 1.82) is 0 Å². The molecule has 0 saturated heterocycles. The predicted molar refractivity (Wildman–Crippen MR) is 61.5 cm³/mol. The van der Waals surface area contributed by atoms with Gasteiger partial charge >= 0.3 is 0 Å². The normalized spacial score (nSPS) is 12.7. The number of hydrogen-bond donors (Lipinski definition) is 1. The van der Waals surface area contributed by atoms with Crippen LogP contribution in [-0.2, 0) is 0 Å². The molecular weight excluding hydrogens is 186 g/mol. The van der Waals surface area contributed by atoms with Crippen molar-refractivity contribution >= 4 is 0 Å². The Balaban J connectivity index is 2.33. The second kappa shape index (κ2) is 3.91. The summed E-state index contributed by atoms with van der Waals surface area (Å²) < 4.78 is 5.65. The third kappa shape index (κ3) is 2.10. The van der Waals surface area contributed by atoms with Crippen molar-refractivity contribution in [3.05, 3.63) is 47.7 Å². The standard InChI is InChI=1S/C13H15NO/c1-9-3-5-11(6-4-9)13-8-7-12(15-13)10(2)14/h3-8,10H,14H2,1-2H3/t10-/m0/s1. The first kappa shape index (κ1) is 9.99. The van der Waals surface area contributed by atoms with Gasteiger partial charge in [0.05, 0.1) is 6.04 Å². The van der Waals surface area contributed by atoms with Crippen LogP contribution in [0.2, 0.25) is 0 Å². The van der Waals surface area contributed by atoms with Crippen LogP contribution >= 0.6 is 0 Å². The highest BCUT2D eigenvalue weighted by molar-refractivity contribution is 5.57. The van der Waals surface area contributed by atoms with Gasteiger partial charge in [-0.3, -0.25) is 0 Å². The molecule has 15 heavy (non-hydrogen) atoms. The van der Waals surface area contributed by atoms with Gasteiger partial charge in [0.15, 0.2) is 0 Å². The molecule has 1 aromatic heterocycles. The molecule has 0 aliphatic rings. The van der Waals surface area contributed by atoms with Crippen LogP contribution in [0.25, 0.3) is 11.3 Å². The van der Waals surface area contributed by atoms with Gasteiger partial charge in [-0.15, -0.1) is 0 Å². The Morgan fingerprint density at radius 1 is 1.07 bits per heavy atom. The smallest absolute Gasteiger partial charge is 0.134 e. The maximum Gasteiger partial charge on any atom is 0.134 e. The minimum atomic E-state index is -0.0517. The predicted octanol–water partition coefficient (Wildman–Crippen LogP) is 3.27. The monoisotopic (exact) mass is 201 g/mol. The van der Waals surface area contributed by atoms with E-state index >= 15 is 0 Å². The lowest BCUT2D eigenvalue weighted by molar-refractivity contribution is 0.491. The van der Waals surface area contributed by atoms with Crippen molar-refractivity contribution in [1.82, 2.24) is 0 Å². The SMILES string of the molecule is Cc1ccc(-c2ccc([C@H](C)N)o2)cc1. The van der Waals surface area contributed by atoms with Gasteiger partial charge in [0.1, 0.15) is 11.5 Å². The van der Waals surface area contributed by atoms with Gasteiger partial charge in [0, 0.05) is 5.56 Å². The Hall–Kier alpha value is -1.54. The summed E-state index contributed by atoms with van der Waals surface area (Å²) in [4.78, 5) is 0. The summed E-state index contributed by atoms with van der Waals surface area (Å²) in [6.07, 6.45) is 0. The Labute approximate surface area is 89.7 Å². The van der Waals surface area contributed by atoms with Crippen LogP contribution in [0.1, 0.15) is 24.3 Å². The second-order valence-corrected chi connectivity index (χ2v) is 3.86. The Morgan fingerprint density at radius 2 is 1.73 bits per heavy atom. The van der Waals surface area contributed by atoms with Crippen LogP contribution in [0.15, 0.2) is 40.8 Å². The van der Waals surface area contributed by atoms with Crippen molar-refractivity contribution in [2.24, 2.45) is 5.73 Å². The molecule has 0 fully saturated rings. The first-order chi connectivity index (χ1) is 7.16. The summed E-state index contributed by atoms with van der Waals surface area (Å²) in [5, 5.41) is 0. The van der Waals surface area contributed by atoms with E-state index in [9.17, 15) is 0 Å². The molecule has 1 aromatic carbocycles. The fourth-order valence-corrected chi connectivity index (χ4v) is 1.47. The first-order valence-corrected chi connectivity index (χ1v) is 5.09. The number of rotatable bonds is 2. The zero-order valence-electron chi connectivity index (χ0n) is 9.03. The van der Waals surface area contributed by atoms with Crippen LogP contribution in [0.4, 0.5) is 0 Å². The Morgan fingerprint density at radius 3 is 2.27 bits per heavy atom. The number of benzene rings is 1. The number of hydrogen-bond acceptors (Lipinski definition) is 2. The van der Waals surface area contributed by atoms with Crippen LogP contribution < -0.4 is 5.73 Å². The van der Waals surface area contributed by atoms with Crippen molar-refractivity contribution < 1.29 is 4.42 Å².